The van der Waals surface area contributed by atoms with Gasteiger partial charge in [-0.25, -0.2) is 12.8 Å². The van der Waals surface area contributed by atoms with E-state index in [1.54, 1.807) is 30.3 Å². The van der Waals surface area contributed by atoms with Gasteiger partial charge in [-0.3, -0.25) is 4.79 Å². The van der Waals surface area contributed by atoms with Gasteiger partial charge in [-0.15, -0.1) is 0 Å². The molecule has 174 valence electrons. The highest BCUT2D eigenvalue weighted by atomic mass is 32.2. The summed E-state index contributed by atoms with van der Waals surface area (Å²) in [6, 6.07) is 15.3. The number of ether oxygens (including phenoxy) is 2. The van der Waals surface area contributed by atoms with Crippen LogP contribution in [0, 0.1) is 12.7 Å². The molecule has 0 aliphatic carbocycles. The van der Waals surface area contributed by atoms with Crippen LogP contribution >= 0.6 is 0 Å². The molecule has 1 unspecified atom stereocenters. The van der Waals surface area contributed by atoms with Crippen LogP contribution in [0.3, 0.4) is 0 Å². The molecule has 2 heterocycles. The van der Waals surface area contributed by atoms with Gasteiger partial charge in [0, 0.05) is 6.54 Å². The lowest BCUT2D eigenvalue weighted by Crippen LogP contribution is -2.30. The number of amides is 1. The first-order valence-electron chi connectivity index (χ1n) is 10.5. The van der Waals surface area contributed by atoms with Gasteiger partial charge in [-0.05, 0) is 54.4 Å². The molecule has 0 spiro atoms. The summed E-state index contributed by atoms with van der Waals surface area (Å²) in [5, 5.41) is 10.8. The predicted octanol–water partition coefficient (Wildman–Crippen LogP) is 4.19. The van der Waals surface area contributed by atoms with Crippen molar-refractivity contribution in [2.75, 3.05) is 6.79 Å². The summed E-state index contributed by atoms with van der Waals surface area (Å²) in [5.41, 5.74) is 1.86. The largest absolute Gasteiger partial charge is 0.502 e. The van der Waals surface area contributed by atoms with Gasteiger partial charge < -0.3 is 19.5 Å². The molecular formula is C25H20FNO6S. The zero-order valence-corrected chi connectivity index (χ0v) is 18.9. The molecule has 34 heavy (non-hydrogen) atoms. The highest BCUT2D eigenvalue weighted by Gasteiger charge is 2.46. The number of sulfone groups is 1. The number of halogens is 1. The molecular weight excluding hydrogens is 461 g/mol. The van der Waals surface area contributed by atoms with Crippen molar-refractivity contribution < 1.29 is 32.2 Å². The Labute approximate surface area is 195 Å². The van der Waals surface area contributed by atoms with Crippen LogP contribution in [-0.2, 0) is 21.2 Å². The lowest BCUT2D eigenvalue weighted by molar-refractivity contribution is -0.130. The molecule has 5 rings (SSSR count). The zero-order valence-electron chi connectivity index (χ0n) is 18.1. The fourth-order valence-electron chi connectivity index (χ4n) is 4.12. The van der Waals surface area contributed by atoms with E-state index in [0.29, 0.717) is 22.6 Å². The average molecular weight is 482 g/mol. The first-order chi connectivity index (χ1) is 16.3. The average Bonchev–Trinajstić information content (AvgIpc) is 3.38. The molecule has 7 nitrogen and oxygen atoms in total. The summed E-state index contributed by atoms with van der Waals surface area (Å²) in [4.78, 5) is 13.9. The molecule has 0 saturated carbocycles. The number of carbonyl (C=O) groups excluding carboxylic acids is 1. The summed E-state index contributed by atoms with van der Waals surface area (Å²) < 4.78 is 51.6. The summed E-state index contributed by atoms with van der Waals surface area (Å²) in [6.07, 6.45) is 0. The van der Waals surface area contributed by atoms with Crippen LogP contribution in [0.5, 0.6) is 11.5 Å². The lowest BCUT2D eigenvalue weighted by Gasteiger charge is -2.27. The molecule has 2 aliphatic rings. The smallest absolute Gasteiger partial charge is 0.290 e. The van der Waals surface area contributed by atoms with E-state index in [1.165, 1.54) is 41.3 Å². The molecule has 0 bridgehead atoms. The molecule has 1 N–H and O–H groups in total. The van der Waals surface area contributed by atoms with Gasteiger partial charge in [-0.1, -0.05) is 35.9 Å². The van der Waals surface area contributed by atoms with Crippen LogP contribution in [0.2, 0.25) is 0 Å². The Morgan fingerprint density at radius 2 is 1.68 bits per heavy atom. The third-order valence-corrected chi connectivity index (χ3v) is 7.74. The number of benzene rings is 3. The second-order valence-electron chi connectivity index (χ2n) is 8.10. The number of fused-ring (bicyclic) bond motifs is 1. The van der Waals surface area contributed by atoms with E-state index < -0.39 is 38.3 Å². The van der Waals surface area contributed by atoms with Crippen molar-refractivity contribution in [2.24, 2.45) is 0 Å². The number of hydrogen-bond donors (Lipinski definition) is 1. The van der Waals surface area contributed by atoms with Crippen molar-refractivity contribution in [3.63, 3.8) is 0 Å². The van der Waals surface area contributed by atoms with Crippen LogP contribution in [0.1, 0.15) is 22.7 Å². The summed E-state index contributed by atoms with van der Waals surface area (Å²) in [5.74, 6) is -1.12. The van der Waals surface area contributed by atoms with Crippen LogP contribution in [0.25, 0.3) is 0 Å². The van der Waals surface area contributed by atoms with Gasteiger partial charge in [-0.2, -0.15) is 0 Å². The van der Waals surface area contributed by atoms with Crippen molar-refractivity contribution in [1.82, 2.24) is 4.90 Å². The number of aliphatic hydroxyl groups is 1. The highest BCUT2D eigenvalue weighted by molar-refractivity contribution is 7.95. The molecule has 2 aliphatic heterocycles. The molecule has 0 fully saturated rings. The number of carbonyl (C=O) groups is 1. The van der Waals surface area contributed by atoms with Crippen molar-refractivity contribution in [2.45, 2.75) is 24.4 Å². The second-order valence-corrected chi connectivity index (χ2v) is 10.0. The van der Waals surface area contributed by atoms with Crippen molar-refractivity contribution in [3.05, 3.63) is 99.9 Å². The first-order valence-corrected chi connectivity index (χ1v) is 11.9. The maximum absolute atomic E-state index is 13.6. The molecule has 0 aromatic heterocycles. The van der Waals surface area contributed by atoms with Crippen LogP contribution in [0.15, 0.2) is 82.3 Å². The first kappa shape index (κ1) is 22.0. The SMILES string of the molecule is Cc1ccc(S(=O)(=O)C2=C(O)C(=O)N(Cc3ccc4c(c3)OCO4)C2c2ccc(F)cc2)cc1. The minimum Gasteiger partial charge on any atom is -0.502 e. The molecule has 1 amide bonds. The highest BCUT2D eigenvalue weighted by Crippen LogP contribution is 2.44. The van der Waals surface area contributed by atoms with Gasteiger partial charge in [0.1, 0.15) is 10.7 Å². The molecule has 9 heteroatoms. The van der Waals surface area contributed by atoms with Crippen molar-refractivity contribution in [1.29, 1.82) is 0 Å². The number of rotatable bonds is 5. The monoisotopic (exact) mass is 481 g/mol. The van der Waals surface area contributed by atoms with E-state index >= 15 is 0 Å². The van der Waals surface area contributed by atoms with E-state index in [4.69, 9.17) is 9.47 Å². The predicted molar refractivity (Wildman–Crippen MR) is 120 cm³/mol. The Morgan fingerprint density at radius 1 is 1.00 bits per heavy atom. The van der Waals surface area contributed by atoms with Gasteiger partial charge in [0.05, 0.1) is 10.9 Å². The minimum atomic E-state index is -4.25. The van der Waals surface area contributed by atoms with E-state index in [-0.39, 0.29) is 18.2 Å². The standard InChI is InChI=1S/C25H20FNO6S/c1-15-2-9-19(10-3-15)34(30,31)24-22(17-5-7-18(26)8-6-17)27(25(29)23(24)28)13-16-4-11-20-21(12-16)33-14-32-20/h2-12,22,28H,13-14H2,1H3. The number of aliphatic hydroxyl groups excluding tert-OH is 1. The van der Waals surface area contributed by atoms with Gasteiger partial charge in [0.25, 0.3) is 5.91 Å². The second kappa shape index (κ2) is 8.18. The fourth-order valence-corrected chi connectivity index (χ4v) is 5.77. The van der Waals surface area contributed by atoms with Crippen LogP contribution < -0.4 is 9.47 Å². The Balaban J connectivity index is 1.60. The third kappa shape index (κ3) is 3.67. The van der Waals surface area contributed by atoms with Gasteiger partial charge >= 0.3 is 0 Å². The fraction of sp³-hybridized carbons (Fsp3) is 0.160. The zero-order chi connectivity index (χ0) is 24.0. The number of nitrogens with zero attached hydrogens (tertiary/aromatic N) is 1. The Morgan fingerprint density at radius 3 is 2.38 bits per heavy atom. The maximum atomic E-state index is 13.6. The normalized spacial score (nSPS) is 17.5. The molecule has 3 aromatic rings. The van der Waals surface area contributed by atoms with E-state index in [1.807, 2.05) is 6.92 Å². The van der Waals surface area contributed by atoms with Gasteiger partial charge in [0.15, 0.2) is 17.3 Å². The molecule has 3 aromatic carbocycles. The van der Waals surface area contributed by atoms with Crippen LogP contribution in [-0.4, -0.2) is 31.1 Å². The number of aryl methyl sites for hydroxylation is 1. The van der Waals surface area contributed by atoms with Crippen molar-refractivity contribution in [3.8, 4) is 11.5 Å². The quantitative estimate of drug-likeness (QED) is 0.588. The minimum absolute atomic E-state index is 0.0194. The maximum Gasteiger partial charge on any atom is 0.290 e. The summed E-state index contributed by atoms with van der Waals surface area (Å²) >= 11 is 0. The molecule has 0 radical (unpaired) electrons. The topological polar surface area (TPSA) is 93.1 Å². The van der Waals surface area contributed by atoms with Gasteiger partial charge in [0.2, 0.25) is 16.6 Å². The molecule has 0 saturated heterocycles. The summed E-state index contributed by atoms with van der Waals surface area (Å²) in [6.45, 7) is 1.88. The third-order valence-electron chi connectivity index (χ3n) is 5.85. The summed E-state index contributed by atoms with van der Waals surface area (Å²) in [7, 11) is -4.25. The van der Waals surface area contributed by atoms with Crippen molar-refractivity contribution >= 4 is 15.7 Å². The molecule has 1 atom stereocenters. The Kier molecular flexibility index (Phi) is 5.28. The number of hydrogen-bond acceptors (Lipinski definition) is 6. The van der Waals surface area contributed by atoms with E-state index in [2.05, 4.69) is 0 Å². The Hall–Kier alpha value is -3.85. The van der Waals surface area contributed by atoms with E-state index in [0.717, 1.165) is 5.56 Å². The Bertz CT molecular complexity index is 1410. The van der Waals surface area contributed by atoms with E-state index in [9.17, 15) is 22.7 Å². The van der Waals surface area contributed by atoms with Crippen LogP contribution in [0.4, 0.5) is 4.39 Å². The lowest BCUT2D eigenvalue weighted by atomic mass is 10.1.